The summed E-state index contributed by atoms with van der Waals surface area (Å²) in [5.74, 6) is 0.381. The Balaban J connectivity index is 2.23. The Bertz CT molecular complexity index is 625. The summed E-state index contributed by atoms with van der Waals surface area (Å²) in [6.07, 6.45) is 3.47. The van der Waals surface area contributed by atoms with Gasteiger partial charge in [-0.2, -0.15) is 0 Å². The number of nitrogens with one attached hydrogen (secondary N) is 1. The Kier molecular flexibility index (Phi) is 4.64. The van der Waals surface area contributed by atoms with E-state index in [1.807, 2.05) is 12.1 Å². The van der Waals surface area contributed by atoms with Gasteiger partial charge in [0, 0.05) is 33.0 Å². The van der Waals surface area contributed by atoms with Crippen LogP contribution in [0.1, 0.15) is 15.2 Å². The van der Waals surface area contributed by atoms with E-state index in [0.717, 1.165) is 10.6 Å². The van der Waals surface area contributed by atoms with E-state index in [2.05, 4.69) is 10.3 Å². The minimum absolute atomic E-state index is 0.132. The van der Waals surface area contributed by atoms with E-state index in [0.29, 0.717) is 22.9 Å². The third-order valence-electron chi connectivity index (χ3n) is 2.91. The summed E-state index contributed by atoms with van der Waals surface area (Å²) >= 11 is 1.30. The van der Waals surface area contributed by atoms with Gasteiger partial charge in [0.1, 0.15) is 15.6 Å². The van der Waals surface area contributed by atoms with Crippen molar-refractivity contribution in [2.75, 3.05) is 32.3 Å². The molecule has 0 aliphatic heterocycles. The number of hydrogen-bond acceptors (Lipinski definition) is 6. The molecule has 2 aromatic rings. The molecule has 0 saturated heterocycles. The van der Waals surface area contributed by atoms with E-state index in [1.54, 1.807) is 33.6 Å². The molecule has 0 radical (unpaired) electrons. The van der Waals surface area contributed by atoms with Crippen molar-refractivity contribution in [2.24, 2.45) is 0 Å². The van der Waals surface area contributed by atoms with Crippen LogP contribution in [0.15, 0.2) is 24.5 Å². The zero-order valence-corrected chi connectivity index (χ0v) is 13.0. The minimum Gasteiger partial charge on any atom is -0.492 e. The number of pyridine rings is 1. The SMILES string of the molecule is COc1c(NCc2ccncc2)sc(C(=O)N(C)C)c1N. The number of hydrogen-bond donors (Lipinski definition) is 2. The van der Waals surface area contributed by atoms with Gasteiger partial charge < -0.3 is 20.7 Å². The molecular weight excluding hydrogens is 288 g/mol. The molecular formula is C14H18N4O2S. The number of nitrogens with zero attached hydrogens (tertiary/aromatic N) is 2. The predicted molar refractivity (Wildman–Crippen MR) is 84.9 cm³/mol. The van der Waals surface area contributed by atoms with Crippen LogP contribution in [0.25, 0.3) is 0 Å². The summed E-state index contributed by atoms with van der Waals surface area (Å²) in [6, 6.07) is 3.84. The molecule has 0 spiro atoms. The minimum atomic E-state index is -0.132. The lowest BCUT2D eigenvalue weighted by Gasteiger charge is -2.08. The Morgan fingerprint density at radius 2 is 2.10 bits per heavy atom. The number of thiophene rings is 1. The Labute approximate surface area is 127 Å². The van der Waals surface area contributed by atoms with Crippen LogP contribution in [0.2, 0.25) is 0 Å². The smallest absolute Gasteiger partial charge is 0.265 e. The topological polar surface area (TPSA) is 80.5 Å². The molecule has 0 saturated carbocycles. The second-order valence-corrected chi connectivity index (χ2v) is 5.64. The molecule has 2 rings (SSSR count). The number of rotatable bonds is 5. The maximum Gasteiger partial charge on any atom is 0.265 e. The summed E-state index contributed by atoms with van der Waals surface area (Å²) in [4.78, 5) is 18.0. The highest BCUT2D eigenvalue weighted by Gasteiger charge is 2.22. The van der Waals surface area contributed by atoms with Gasteiger partial charge >= 0.3 is 0 Å². The molecule has 0 atom stereocenters. The van der Waals surface area contributed by atoms with Crippen LogP contribution >= 0.6 is 11.3 Å². The largest absolute Gasteiger partial charge is 0.492 e. The van der Waals surface area contributed by atoms with Crippen molar-refractivity contribution in [3.8, 4) is 5.75 Å². The van der Waals surface area contributed by atoms with Crippen LogP contribution in [0.3, 0.4) is 0 Å². The van der Waals surface area contributed by atoms with Gasteiger partial charge in [0.15, 0.2) is 5.75 Å². The van der Waals surface area contributed by atoms with Crippen LogP contribution in [-0.2, 0) is 6.54 Å². The maximum absolute atomic E-state index is 12.1. The number of nitrogens with two attached hydrogens (primary N) is 1. The summed E-state index contributed by atoms with van der Waals surface area (Å²) < 4.78 is 5.31. The average molecular weight is 306 g/mol. The molecule has 0 aliphatic carbocycles. The molecule has 0 aromatic carbocycles. The summed E-state index contributed by atoms with van der Waals surface area (Å²) in [7, 11) is 4.93. The first-order valence-corrected chi connectivity index (χ1v) is 7.17. The number of methoxy groups -OCH3 is 1. The molecule has 2 aromatic heterocycles. The molecule has 0 bridgehead atoms. The zero-order chi connectivity index (χ0) is 15.4. The second kappa shape index (κ2) is 6.45. The molecule has 0 aliphatic rings. The van der Waals surface area contributed by atoms with Gasteiger partial charge in [-0.15, -0.1) is 11.3 Å². The fourth-order valence-electron chi connectivity index (χ4n) is 1.79. The quantitative estimate of drug-likeness (QED) is 0.883. The summed E-state index contributed by atoms with van der Waals surface area (Å²) in [5.41, 5.74) is 7.47. The number of nitrogen functional groups attached to an aromatic ring is 1. The highest BCUT2D eigenvalue weighted by Crippen LogP contribution is 2.42. The van der Waals surface area contributed by atoms with Crippen molar-refractivity contribution in [2.45, 2.75) is 6.54 Å². The Morgan fingerprint density at radius 3 is 2.67 bits per heavy atom. The third kappa shape index (κ3) is 3.25. The van der Waals surface area contributed by atoms with Gasteiger partial charge in [-0.1, -0.05) is 0 Å². The fraction of sp³-hybridized carbons (Fsp3) is 0.286. The lowest BCUT2D eigenvalue weighted by atomic mass is 10.3. The van der Waals surface area contributed by atoms with Crippen LogP contribution in [0, 0.1) is 0 Å². The first-order chi connectivity index (χ1) is 10.0. The van der Waals surface area contributed by atoms with Gasteiger partial charge in [0.25, 0.3) is 5.91 Å². The number of carbonyl (C=O) groups excluding carboxylic acids is 1. The molecule has 112 valence electrons. The highest BCUT2D eigenvalue weighted by molar-refractivity contribution is 7.19. The maximum atomic E-state index is 12.1. The first-order valence-electron chi connectivity index (χ1n) is 6.35. The molecule has 21 heavy (non-hydrogen) atoms. The molecule has 7 heteroatoms. The number of aromatic nitrogens is 1. The van der Waals surface area contributed by atoms with Gasteiger partial charge in [0.05, 0.1) is 7.11 Å². The predicted octanol–water partition coefficient (Wildman–Crippen LogP) is 2.05. The van der Waals surface area contributed by atoms with Crippen LogP contribution < -0.4 is 15.8 Å². The number of carbonyl (C=O) groups is 1. The van der Waals surface area contributed by atoms with Crippen molar-refractivity contribution in [1.82, 2.24) is 9.88 Å². The molecule has 1 amide bonds. The first kappa shape index (κ1) is 15.1. The highest BCUT2D eigenvalue weighted by atomic mass is 32.1. The lowest BCUT2D eigenvalue weighted by Crippen LogP contribution is -2.21. The number of ether oxygens (including phenoxy) is 1. The van der Waals surface area contributed by atoms with Gasteiger partial charge in [-0.25, -0.2) is 0 Å². The van der Waals surface area contributed by atoms with E-state index in [9.17, 15) is 4.79 Å². The molecule has 6 nitrogen and oxygen atoms in total. The molecule has 0 fully saturated rings. The number of amides is 1. The second-order valence-electron chi connectivity index (χ2n) is 4.62. The van der Waals surface area contributed by atoms with Crippen LogP contribution in [0.5, 0.6) is 5.75 Å². The van der Waals surface area contributed by atoms with Crippen molar-refractivity contribution in [3.05, 3.63) is 35.0 Å². The average Bonchev–Trinajstić information content (AvgIpc) is 2.81. The zero-order valence-electron chi connectivity index (χ0n) is 12.2. The van der Waals surface area contributed by atoms with Crippen LogP contribution in [0.4, 0.5) is 10.7 Å². The normalized spacial score (nSPS) is 10.2. The third-order valence-corrected chi connectivity index (χ3v) is 4.04. The van der Waals surface area contributed by atoms with E-state index in [4.69, 9.17) is 10.5 Å². The van der Waals surface area contributed by atoms with Gasteiger partial charge in [-0.05, 0) is 17.7 Å². The lowest BCUT2D eigenvalue weighted by molar-refractivity contribution is 0.0833. The molecule has 3 N–H and O–H groups in total. The standard InChI is InChI=1S/C14H18N4O2S/c1-18(2)14(19)12-10(15)11(20-3)13(21-12)17-8-9-4-6-16-7-5-9/h4-7,17H,8,15H2,1-3H3. The summed E-state index contributed by atoms with van der Waals surface area (Å²) in [6.45, 7) is 0.606. The van der Waals surface area contributed by atoms with E-state index < -0.39 is 0 Å². The van der Waals surface area contributed by atoms with Crippen molar-refractivity contribution < 1.29 is 9.53 Å². The van der Waals surface area contributed by atoms with E-state index >= 15 is 0 Å². The van der Waals surface area contributed by atoms with Crippen LogP contribution in [-0.4, -0.2) is 37.0 Å². The van der Waals surface area contributed by atoms with Crippen molar-refractivity contribution in [1.29, 1.82) is 0 Å². The Hall–Kier alpha value is -2.28. The van der Waals surface area contributed by atoms with Crippen molar-refractivity contribution in [3.63, 3.8) is 0 Å². The van der Waals surface area contributed by atoms with Gasteiger partial charge in [-0.3, -0.25) is 9.78 Å². The van der Waals surface area contributed by atoms with Gasteiger partial charge in [0.2, 0.25) is 0 Å². The van der Waals surface area contributed by atoms with Crippen molar-refractivity contribution >= 4 is 27.9 Å². The monoisotopic (exact) mass is 306 g/mol. The van der Waals surface area contributed by atoms with E-state index in [-0.39, 0.29) is 5.91 Å². The summed E-state index contributed by atoms with van der Waals surface area (Å²) in [5, 5.41) is 4.00. The molecule has 0 unspecified atom stereocenters. The van der Waals surface area contributed by atoms with E-state index in [1.165, 1.54) is 16.2 Å². The Morgan fingerprint density at radius 1 is 1.43 bits per heavy atom. The fourth-order valence-corrected chi connectivity index (χ4v) is 2.90. The molecule has 2 heterocycles. The number of anilines is 2.